The van der Waals surface area contributed by atoms with Crippen LogP contribution >= 0.6 is 0 Å². The van der Waals surface area contributed by atoms with Gasteiger partial charge in [-0.25, -0.2) is 0 Å². The Morgan fingerprint density at radius 2 is 0.655 bits per heavy atom. The molecule has 2 atom stereocenters. The quantitative estimate of drug-likeness (QED) is 0.0490. The third kappa shape index (κ3) is 36.9. The molecule has 0 radical (unpaired) electrons. The second kappa shape index (κ2) is 44.0. The minimum atomic E-state index is 0.0572. The van der Waals surface area contributed by atoms with Gasteiger partial charge in [0.2, 0.25) is 0 Å². The van der Waals surface area contributed by atoms with Crippen LogP contribution in [0.4, 0.5) is 0 Å². The van der Waals surface area contributed by atoms with Gasteiger partial charge in [0.25, 0.3) is 0 Å². The third-order valence-electron chi connectivity index (χ3n) is 11.6. The summed E-state index contributed by atoms with van der Waals surface area (Å²) >= 11 is 0. The van der Waals surface area contributed by atoms with E-state index in [0.29, 0.717) is 13.2 Å². The monoisotopic (exact) mass is 780 g/mol. The van der Waals surface area contributed by atoms with E-state index in [1.54, 1.807) is 0 Å². The number of unbranched alkanes of at least 4 members (excludes halogenated alkanes) is 24. The first-order valence-electron chi connectivity index (χ1n) is 24.7. The highest BCUT2D eigenvalue weighted by atomic mass is 16.5. The van der Waals surface area contributed by atoms with Gasteiger partial charge >= 0.3 is 11.9 Å². The zero-order valence-corrected chi connectivity index (χ0v) is 37.7. The lowest BCUT2D eigenvalue weighted by Gasteiger charge is -2.22. The Hall–Kier alpha value is -1.14. The third-order valence-corrected chi connectivity index (χ3v) is 11.6. The molecule has 0 aromatic heterocycles. The van der Waals surface area contributed by atoms with Crippen LogP contribution in [0, 0.1) is 11.8 Å². The van der Waals surface area contributed by atoms with Crippen LogP contribution in [0.3, 0.4) is 0 Å². The van der Waals surface area contributed by atoms with E-state index < -0.39 is 0 Å². The second-order valence-electron chi connectivity index (χ2n) is 17.0. The summed E-state index contributed by atoms with van der Waals surface area (Å²) < 4.78 is 11.6. The average Bonchev–Trinajstić information content (AvgIpc) is 3.19. The Balaban J connectivity index is 4.31. The Morgan fingerprint density at radius 1 is 0.382 bits per heavy atom. The van der Waals surface area contributed by atoms with E-state index in [-0.39, 0.29) is 30.4 Å². The predicted molar refractivity (Wildman–Crippen MR) is 237 cm³/mol. The first-order chi connectivity index (χ1) is 27.0. The van der Waals surface area contributed by atoms with Crippen molar-refractivity contribution in [1.82, 2.24) is 4.90 Å². The van der Waals surface area contributed by atoms with Gasteiger partial charge in [0.1, 0.15) is 0 Å². The molecule has 0 saturated carbocycles. The van der Waals surface area contributed by atoms with Gasteiger partial charge in [-0.3, -0.25) is 9.59 Å². The number of rotatable bonds is 45. The molecule has 0 spiro atoms. The Bertz CT molecular complexity index is 791. The van der Waals surface area contributed by atoms with Crippen molar-refractivity contribution in [1.29, 1.82) is 0 Å². The van der Waals surface area contributed by atoms with Gasteiger partial charge in [-0.1, -0.05) is 188 Å². The van der Waals surface area contributed by atoms with Gasteiger partial charge in [-0.05, 0) is 83.8 Å². The first-order valence-corrected chi connectivity index (χ1v) is 24.7. The molecule has 0 amide bonds. The van der Waals surface area contributed by atoms with Crippen LogP contribution in [0.2, 0.25) is 0 Å². The zero-order valence-electron chi connectivity index (χ0n) is 37.7. The molecule has 328 valence electrons. The number of carbonyl (C=O) groups is 2. The lowest BCUT2D eigenvalue weighted by Crippen LogP contribution is -2.27. The predicted octanol–water partition coefficient (Wildman–Crippen LogP) is 14.3. The highest BCUT2D eigenvalue weighted by Gasteiger charge is 2.20. The lowest BCUT2D eigenvalue weighted by atomic mass is 9.94. The van der Waals surface area contributed by atoms with Gasteiger partial charge in [-0.2, -0.15) is 0 Å². The molecule has 0 bridgehead atoms. The van der Waals surface area contributed by atoms with E-state index >= 15 is 0 Å². The molecule has 2 unspecified atom stereocenters. The number of ether oxygens (including phenoxy) is 2. The molecule has 0 rings (SSSR count). The standard InChI is InChI=1S/C49H97NO5/c1-5-9-13-17-20-28-38-46(36-26-15-11-7-3)48(52)54-44-34-24-19-22-30-40-50(42-32-33-43-51)41-31-23-25-35-45-55-49(53)47(37-27-16-12-8-4)39-29-21-18-14-10-6-2/h46-47,51H,5-45H2,1-4H3. The van der Waals surface area contributed by atoms with Crippen LogP contribution in [-0.2, 0) is 19.1 Å². The fourth-order valence-corrected chi connectivity index (χ4v) is 7.86. The number of nitrogens with zero attached hydrogens (tertiary/aromatic N) is 1. The second-order valence-corrected chi connectivity index (χ2v) is 17.0. The maximum atomic E-state index is 13.0. The number of aliphatic hydroxyl groups is 1. The molecule has 6 heteroatoms. The van der Waals surface area contributed by atoms with Crippen molar-refractivity contribution in [3.63, 3.8) is 0 Å². The molecular weight excluding hydrogens is 683 g/mol. The van der Waals surface area contributed by atoms with E-state index in [1.807, 2.05) is 0 Å². The van der Waals surface area contributed by atoms with Crippen LogP contribution in [0.15, 0.2) is 0 Å². The zero-order chi connectivity index (χ0) is 40.3. The molecule has 0 aliphatic carbocycles. The molecule has 0 aliphatic heterocycles. The number of aliphatic hydroxyl groups excluding tert-OH is 1. The lowest BCUT2D eigenvalue weighted by molar-refractivity contribution is -0.150. The summed E-state index contributed by atoms with van der Waals surface area (Å²) in [7, 11) is 0. The number of hydrogen-bond donors (Lipinski definition) is 1. The van der Waals surface area contributed by atoms with Gasteiger partial charge < -0.3 is 19.5 Å². The summed E-state index contributed by atoms with van der Waals surface area (Å²) in [4.78, 5) is 28.5. The minimum absolute atomic E-state index is 0.0572. The van der Waals surface area contributed by atoms with Crippen molar-refractivity contribution in [2.75, 3.05) is 39.5 Å². The van der Waals surface area contributed by atoms with E-state index in [0.717, 1.165) is 110 Å². The fraction of sp³-hybridized carbons (Fsp3) is 0.959. The summed E-state index contributed by atoms with van der Waals surface area (Å²) in [5.74, 6) is 0.307. The van der Waals surface area contributed by atoms with Crippen LogP contribution in [0.25, 0.3) is 0 Å². The van der Waals surface area contributed by atoms with E-state index in [1.165, 1.54) is 135 Å². The van der Waals surface area contributed by atoms with E-state index in [2.05, 4.69) is 32.6 Å². The van der Waals surface area contributed by atoms with E-state index in [9.17, 15) is 14.7 Å². The summed E-state index contributed by atoms with van der Waals surface area (Å²) in [6.45, 7) is 13.7. The molecule has 6 nitrogen and oxygen atoms in total. The molecule has 0 aromatic rings. The SMILES string of the molecule is CCCCCCCCC(CCCCCC)C(=O)OCCCCCCCN(CCCCO)CCCCCCOC(=O)C(CCCCCC)CCCCCCCC. The highest BCUT2D eigenvalue weighted by Crippen LogP contribution is 2.22. The van der Waals surface area contributed by atoms with Crippen LogP contribution < -0.4 is 0 Å². The molecule has 0 aromatic carbocycles. The normalized spacial score (nSPS) is 12.7. The van der Waals surface area contributed by atoms with Crippen molar-refractivity contribution >= 4 is 11.9 Å². The topological polar surface area (TPSA) is 76.1 Å². The van der Waals surface area contributed by atoms with Gasteiger partial charge in [0, 0.05) is 6.61 Å². The smallest absolute Gasteiger partial charge is 0.308 e. The molecule has 55 heavy (non-hydrogen) atoms. The van der Waals surface area contributed by atoms with E-state index in [4.69, 9.17) is 9.47 Å². The maximum absolute atomic E-state index is 13.0. The van der Waals surface area contributed by atoms with Crippen molar-refractivity contribution in [2.24, 2.45) is 11.8 Å². The fourth-order valence-electron chi connectivity index (χ4n) is 7.86. The van der Waals surface area contributed by atoms with Crippen LogP contribution in [0.5, 0.6) is 0 Å². The van der Waals surface area contributed by atoms with Crippen LogP contribution in [0.1, 0.15) is 252 Å². The highest BCUT2D eigenvalue weighted by molar-refractivity contribution is 5.72. The summed E-state index contributed by atoms with van der Waals surface area (Å²) in [5, 5.41) is 9.32. The Labute approximate surface area is 343 Å². The number of hydrogen-bond acceptors (Lipinski definition) is 6. The van der Waals surface area contributed by atoms with Gasteiger partial charge in [0.15, 0.2) is 0 Å². The summed E-state index contributed by atoms with van der Waals surface area (Å²) in [6.07, 6.45) is 41.0. The number of esters is 2. The molecule has 0 saturated heterocycles. The van der Waals surface area contributed by atoms with Crippen molar-refractivity contribution in [3.8, 4) is 0 Å². The molecule has 0 fully saturated rings. The Morgan fingerprint density at radius 3 is 1.00 bits per heavy atom. The Kier molecular flexibility index (Phi) is 43.1. The molecular formula is C49H97NO5. The summed E-state index contributed by atoms with van der Waals surface area (Å²) in [6, 6.07) is 0. The van der Waals surface area contributed by atoms with Crippen molar-refractivity contribution in [3.05, 3.63) is 0 Å². The molecule has 0 aliphatic rings. The number of carbonyl (C=O) groups excluding carboxylic acids is 2. The summed E-state index contributed by atoms with van der Waals surface area (Å²) in [5.41, 5.74) is 0. The average molecular weight is 780 g/mol. The van der Waals surface area contributed by atoms with Crippen molar-refractivity contribution in [2.45, 2.75) is 252 Å². The largest absolute Gasteiger partial charge is 0.465 e. The van der Waals surface area contributed by atoms with Gasteiger partial charge in [-0.15, -0.1) is 0 Å². The van der Waals surface area contributed by atoms with Crippen molar-refractivity contribution < 1.29 is 24.2 Å². The molecule has 1 N–H and O–H groups in total. The van der Waals surface area contributed by atoms with Crippen LogP contribution in [-0.4, -0.2) is 61.4 Å². The minimum Gasteiger partial charge on any atom is -0.465 e. The maximum Gasteiger partial charge on any atom is 0.308 e. The van der Waals surface area contributed by atoms with Gasteiger partial charge in [0.05, 0.1) is 25.0 Å². The molecule has 0 heterocycles. The first kappa shape index (κ1) is 53.9.